The number of morpholine rings is 1. The molecule has 0 spiro atoms. The molecular formula is C16H32N2O. The van der Waals surface area contributed by atoms with Gasteiger partial charge in [-0.1, -0.05) is 27.7 Å². The van der Waals surface area contributed by atoms with Gasteiger partial charge in [0.1, 0.15) is 0 Å². The summed E-state index contributed by atoms with van der Waals surface area (Å²) in [7, 11) is 0. The number of nitrogens with zero attached hydrogens (tertiary/aromatic N) is 1. The fourth-order valence-corrected chi connectivity index (χ4v) is 4.28. The highest BCUT2D eigenvalue weighted by atomic mass is 16.5. The van der Waals surface area contributed by atoms with Crippen LogP contribution in [0.3, 0.4) is 0 Å². The second-order valence-corrected chi connectivity index (χ2v) is 6.58. The molecular weight excluding hydrogens is 236 g/mol. The first-order valence-corrected chi connectivity index (χ1v) is 8.24. The first-order chi connectivity index (χ1) is 9.17. The highest BCUT2D eigenvalue weighted by Gasteiger charge is 2.40. The average Bonchev–Trinajstić information content (AvgIpc) is 2.39. The number of nitrogens with one attached hydrogen (secondary N) is 1. The van der Waals surface area contributed by atoms with Crippen molar-refractivity contribution in [3.63, 3.8) is 0 Å². The molecule has 2 fully saturated rings. The van der Waals surface area contributed by atoms with Gasteiger partial charge in [-0.15, -0.1) is 0 Å². The minimum Gasteiger partial charge on any atom is -0.378 e. The summed E-state index contributed by atoms with van der Waals surface area (Å²) >= 11 is 0. The number of hydrogen-bond acceptors (Lipinski definition) is 3. The zero-order chi connectivity index (χ0) is 13.8. The van der Waals surface area contributed by atoms with Crippen molar-refractivity contribution in [2.45, 2.75) is 65.1 Å². The van der Waals surface area contributed by atoms with Crippen molar-refractivity contribution in [1.82, 2.24) is 10.2 Å². The van der Waals surface area contributed by atoms with E-state index in [1.807, 2.05) is 0 Å². The smallest absolute Gasteiger partial charge is 0.0622 e. The van der Waals surface area contributed by atoms with Crippen LogP contribution in [0.25, 0.3) is 0 Å². The Labute approximate surface area is 119 Å². The maximum absolute atomic E-state index is 5.68. The number of hydrogen-bond donors (Lipinski definition) is 1. The normalized spacial score (nSPS) is 41.4. The van der Waals surface area contributed by atoms with E-state index >= 15 is 0 Å². The Bertz CT molecular complexity index is 271. The third kappa shape index (κ3) is 3.50. The van der Waals surface area contributed by atoms with Crippen LogP contribution in [0.4, 0.5) is 0 Å². The maximum Gasteiger partial charge on any atom is 0.0622 e. The first kappa shape index (κ1) is 15.3. The van der Waals surface area contributed by atoms with Crippen molar-refractivity contribution in [3.05, 3.63) is 0 Å². The molecule has 1 aliphatic heterocycles. The van der Waals surface area contributed by atoms with Crippen LogP contribution in [-0.4, -0.2) is 49.3 Å². The molecule has 0 aromatic heterocycles. The molecule has 5 unspecified atom stereocenters. The Balaban J connectivity index is 2.12. The Morgan fingerprint density at radius 3 is 2.68 bits per heavy atom. The van der Waals surface area contributed by atoms with Gasteiger partial charge >= 0.3 is 0 Å². The van der Waals surface area contributed by atoms with Crippen LogP contribution in [0, 0.1) is 11.8 Å². The van der Waals surface area contributed by atoms with E-state index < -0.39 is 0 Å². The van der Waals surface area contributed by atoms with Crippen LogP contribution in [0.15, 0.2) is 0 Å². The van der Waals surface area contributed by atoms with Gasteiger partial charge in [0.05, 0.1) is 13.2 Å². The van der Waals surface area contributed by atoms with Crippen LogP contribution in [0.1, 0.15) is 47.0 Å². The molecule has 1 N–H and O–H groups in total. The van der Waals surface area contributed by atoms with Gasteiger partial charge in [-0.3, -0.25) is 4.90 Å². The lowest BCUT2D eigenvalue weighted by Gasteiger charge is -2.50. The molecule has 0 radical (unpaired) electrons. The molecule has 1 saturated heterocycles. The standard InChI is InChI=1S/C16H32N2O/c1-5-14-11-19-8-7-18(14)16-13(4)9-12(3)10-15(16)17-6-2/h12-17H,5-11H2,1-4H3. The second kappa shape index (κ2) is 7.05. The lowest BCUT2D eigenvalue weighted by molar-refractivity contribution is -0.0612. The third-order valence-corrected chi connectivity index (χ3v) is 5.02. The van der Waals surface area contributed by atoms with Gasteiger partial charge in [-0.25, -0.2) is 0 Å². The number of ether oxygens (including phenoxy) is 1. The minimum absolute atomic E-state index is 0.621. The van der Waals surface area contributed by atoms with Gasteiger partial charge in [-0.05, 0) is 37.6 Å². The SMILES string of the molecule is CCNC1CC(C)CC(C)C1N1CCOCC1CC. The lowest BCUT2D eigenvalue weighted by Crippen LogP contribution is -2.61. The number of likely N-dealkylation sites (N-methyl/N-ethyl adjacent to an activating group) is 1. The van der Waals surface area contributed by atoms with Gasteiger partial charge in [-0.2, -0.15) is 0 Å². The molecule has 112 valence electrons. The Hall–Kier alpha value is -0.120. The molecule has 3 nitrogen and oxygen atoms in total. The van der Waals surface area contributed by atoms with Crippen molar-refractivity contribution in [3.8, 4) is 0 Å². The molecule has 0 aromatic carbocycles. The highest BCUT2D eigenvalue weighted by Crippen LogP contribution is 2.34. The van der Waals surface area contributed by atoms with Gasteiger partial charge < -0.3 is 10.1 Å². The Kier molecular flexibility index (Phi) is 5.67. The highest BCUT2D eigenvalue weighted by molar-refractivity contribution is 4.96. The average molecular weight is 268 g/mol. The molecule has 2 aliphatic rings. The summed E-state index contributed by atoms with van der Waals surface area (Å²) in [6, 6.07) is 1.98. The van der Waals surface area contributed by atoms with Gasteiger partial charge in [0, 0.05) is 24.7 Å². The summed E-state index contributed by atoms with van der Waals surface area (Å²) in [5.41, 5.74) is 0. The van der Waals surface area contributed by atoms with Gasteiger partial charge in [0.2, 0.25) is 0 Å². The van der Waals surface area contributed by atoms with Crippen LogP contribution in [0.5, 0.6) is 0 Å². The van der Waals surface area contributed by atoms with Crippen LogP contribution < -0.4 is 5.32 Å². The van der Waals surface area contributed by atoms with E-state index in [1.54, 1.807) is 0 Å². The minimum atomic E-state index is 0.621. The van der Waals surface area contributed by atoms with Crippen LogP contribution in [-0.2, 0) is 4.74 Å². The molecule has 3 heteroatoms. The van der Waals surface area contributed by atoms with Crippen LogP contribution >= 0.6 is 0 Å². The fourth-order valence-electron chi connectivity index (χ4n) is 4.28. The third-order valence-electron chi connectivity index (χ3n) is 5.02. The summed E-state index contributed by atoms with van der Waals surface area (Å²) < 4.78 is 5.68. The molecule has 1 saturated carbocycles. The molecule has 0 bridgehead atoms. The first-order valence-electron chi connectivity index (χ1n) is 8.24. The predicted molar refractivity (Wildman–Crippen MR) is 80.4 cm³/mol. The summed E-state index contributed by atoms with van der Waals surface area (Å²) in [6.07, 6.45) is 3.91. The van der Waals surface area contributed by atoms with E-state index in [0.29, 0.717) is 18.1 Å². The Morgan fingerprint density at radius 2 is 2.00 bits per heavy atom. The van der Waals surface area contributed by atoms with Crippen molar-refractivity contribution >= 4 is 0 Å². The molecule has 1 aliphatic carbocycles. The topological polar surface area (TPSA) is 24.5 Å². The van der Waals surface area contributed by atoms with E-state index in [0.717, 1.165) is 38.1 Å². The maximum atomic E-state index is 5.68. The monoisotopic (exact) mass is 268 g/mol. The van der Waals surface area contributed by atoms with E-state index in [9.17, 15) is 0 Å². The number of rotatable bonds is 4. The molecule has 19 heavy (non-hydrogen) atoms. The van der Waals surface area contributed by atoms with Crippen molar-refractivity contribution in [2.75, 3.05) is 26.3 Å². The van der Waals surface area contributed by atoms with Gasteiger partial charge in [0.15, 0.2) is 0 Å². The largest absolute Gasteiger partial charge is 0.378 e. The lowest BCUT2D eigenvalue weighted by atomic mass is 9.75. The van der Waals surface area contributed by atoms with Gasteiger partial charge in [0.25, 0.3) is 0 Å². The van der Waals surface area contributed by atoms with E-state index in [1.165, 1.54) is 19.3 Å². The molecule has 2 rings (SSSR count). The van der Waals surface area contributed by atoms with E-state index in [4.69, 9.17) is 4.74 Å². The summed E-state index contributed by atoms with van der Waals surface area (Å²) in [6.45, 7) is 13.4. The Morgan fingerprint density at radius 1 is 1.21 bits per heavy atom. The summed E-state index contributed by atoms with van der Waals surface area (Å²) in [5.74, 6) is 1.65. The molecule has 1 heterocycles. The zero-order valence-electron chi connectivity index (χ0n) is 13.2. The van der Waals surface area contributed by atoms with Crippen molar-refractivity contribution < 1.29 is 4.74 Å². The molecule has 5 atom stereocenters. The van der Waals surface area contributed by atoms with Crippen LogP contribution in [0.2, 0.25) is 0 Å². The fraction of sp³-hybridized carbons (Fsp3) is 1.00. The quantitative estimate of drug-likeness (QED) is 0.848. The van der Waals surface area contributed by atoms with E-state index in [2.05, 4.69) is 37.9 Å². The zero-order valence-corrected chi connectivity index (χ0v) is 13.2. The summed E-state index contributed by atoms with van der Waals surface area (Å²) in [5, 5.41) is 3.75. The second-order valence-electron chi connectivity index (χ2n) is 6.58. The summed E-state index contributed by atoms with van der Waals surface area (Å²) in [4.78, 5) is 2.76. The predicted octanol–water partition coefficient (Wildman–Crippen LogP) is 2.51. The molecule has 0 amide bonds. The molecule has 0 aromatic rings. The van der Waals surface area contributed by atoms with Crippen molar-refractivity contribution in [2.24, 2.45) is 11.8 Å². The van der Waals surface area contributed by atoms with Crippen molar-refractivity contribution in [1.29, 1.82) is 0 Å². The van der Waals surface area contributed by atoms with E-state index in [-0.39, 0.29) is 0 Å².